The monoisotopic (exact) mass is 426 g/mol. The van der Waals surface area contributed by atoms with Crippen molar-refractivity contribution in [3.63, 3.8) is 0 Å². The summed E-state index contributed by atoms with van der Waals surface area (Å²) in [6, 6.07) is 20.5. The molecule has 2 aromatic carbocycles. The highest BCUT2D eigenvalue weighted by Crippen LogP contribution is 2.32. The van der Waals surface area contributed by atoms with Crippen LogP contribution in [0.3, 0.4) is 0 Å². The van der Waals surface area contributed by atoms with Crippen LogP contribution in [0.2, 0.25) is 0 Å². The number of carbonyl (C=O) groups excluding carboxylic acids is 2. The predicted molar refractivity (Wildman–Crippen MR) is 119 cm³/mol. The van der Waals surface area contributed by atoms with Crippen LogP contribution in [0.15, 0.2) is 73.1 Å². The van der Waals surface area contributed by atoms with E-state index < -0.39 is 0 Å². The number of ether oxygens (including phenoxy) is 1. The Morgan fingerprint density at radius 1 is 1.12 bits per heavy atom. The largest absolute Gasteiger partial charge is 0.482 e. The van der Waals surface area contributed by atoms with Crippen LogP contribution >= 0.6 is 0 Å². The van der Waals surface area contributed by atoms with Crippen LogP contribution in [0.5, 0.6) is 5.75 Å². The maximum absolute atomic E-state index is 13.3. The third-order valence-electron chi connectivity index (χ3n) is 5.20. The second-order valence-corrected chi connectivity index (χ2v) is 7.43. The molecule has 160 valence electrons. The molecule has 3 aromatic rings. The Hall–Kier alpha value is -4.18. The third kappa shape index (κ3) is 4.76. The van der Waals surface area contributed by atoms with Gasteiger partial charge in [-0.25, -0.2) is 0 Å². The summed E-state index contributed by atoms with van der Waals surface area (Å²) >= 11 is 0. The summed E-state index contributed by atoms with van der Waals surface area (Å²) in [7, 11) is 0. The molecule has 0 radical (unpaired) electrons. The number of anilines is 1. The number of aromatic nitrogens is 1. The highest BCUT2D eigenvalue weighted by Gasteiger charge is 2.25. The molecule has 2 amide bonds. The Balaban J connectivity index is 1.55. The van der Waals surface area contributed by atoms with Gasteiger partial charge in [-0.1, -0.05) is 30.3 Å². The Kier molecular flexibility index (Phi) is 6.42. The summed E-state index contributed by atoms with van der Waals surface area (Å²) < 4.78 is 5.51. The average molecular weight is 426 g/mol. The van der Waals surface area contributed by atoms with Gasteiger partial charge in [0.05, 0.1) is 24.7 Å². The minimum absolute atomic E-state index is 0.0112. The van der Waals surface area contributed by atoms with E-state index >= 15 is 0 Å². The van der Waals surface area contributed by atoms with E-state index in [2.05, 4.69) is 11.1 Å². The fourth-order valence-corrected chi connectivity index (χ4v) is 3.64. The van der Waals surface area contributed by atoms with Crippen molar-refractivity contribution in [3.8, 4) is 11.8 Å². The topological polar surface area (TPSA) is 86.5 Å². The second-order valence-electron chi connectivity index (χ2n) is 7.43. The smallest absolute Gasteiger partial charge is 0.265 e. The molecule has 1 aliphatic rings. The number of nitrogens with zero attached hydrogens (tertiary/aromatic N) is 4. The van der Waals surface area contributed by atoms with Crippen molar-refractivity contribution in [2.75, 3.05) is 18.1 Å². The van der Waals surface area contributed by atoms with Gasteiger partial charge in [0.1, 0.15) is 5.75 Å². The molecular formula is C25H22N4O3. The predicted octanol–water partition coefficient (Wildman–Crippen LogP) is 3.56. The van der Waals surface area contributed by atoms with Gasteiger partial charge in [0.2, 0.25) is 0 Å². The number of nitriles is 1. The van der Waals surface area contributed by atoms with Crippen molar-refractivity contribution in [2.45, 2.75) is 19.5 Å². The van der Waals surface area contributed by atoms with E-state index in [9.17, 15) is 9.59 Å². The molecule has 1 aliphatic heterocycles. The molecule has 0 saturated carbocycles. The molecule has 0 unspecified atom stereocenters. The summed E-state index contributed by atoms with van der Waals surface area (Å²) in [6.45, 7) is 1.02. The molecule has 0 bridgehead atoms. The molecule has 0 aliphatic carbocycles. The zero-order valence-corrected chi connectivity index (χ0v) is 17.5. The first-order chi connectivity index (χ1) is 15.7. The van der Waals surface area contributed by atoms with E-state index in [1.807, 2.05) is 48.5 Å². The number of hydrogen-bond donors (Lipinski definition) is 0. The van der Waals surface area contributed by atoms with Crippen molar-refractivity contribution in [2.24, 2.45) is 0 Å². The van der Waals surface area contributed by atoms with Gasteiger partial charge in [0.15, 0.2) is 6.61 Å². The van der Waals surface area contributed by atoms with Gasteiger partial charge in [0, 0.05) is 31.0 Å². The number of carbonyl (C=O) groups is 2. The number of rotatable bonds is 7. The molecule has 1 aromatic heterocycles. The van der Waals surface area contributed by atoms with Gasteiger partial charge in [-0.05, 0) is 41.5 Å². The zero-order chi connectivity index (χ0) is 22.3. The van der Waals surface area contributed by atoms with Crippen LogP contribution in [0.25, 0.3) is 0 Å². The molecule has 0 fully saturated rings. The third-order valence-corrected chi connectivity index (χ3v) is 5.20. The first-order valence-corrected chi connectivity index (χ1v) is 10.3. The standard InChI is InChI=1S/C25H22N4O3/c26-11-5-13-28(16-20-7-4-12-27-15-20)25(31)21-8-3-6-19(14-21)17-29-22-9-1-2-10-23(22)32-18-24(29)30/h1-4,6-10,12,14-15H,5,13,16-18H2. The summed E-state index contributed by atoms with van der Waals surface area (Å²) in [4.78, 5) is 33.2. The molecule has 2 heterocycles. The summed E-state index contributed by atoms with van der Waals surface area (Å²) in [5.74, 6) is 0.366. The van der Waals surface area contributed by atoms with Gasteiger partial charge < -0.3 is 14.5 Å². The molecule has 0 N–H and O–H groups in total. The van der Waals surface area contributed by atoms with Crippen molar-refractivity contribution >= 4 is 17.5 Å². The van der Waals surface area contributed by atoms with E-state index in [1.54, 1.807) is 34.3 Å². The molecule has 7 nitrogen and oxygen atoms in total. The van der Waals surface area contributed by atoms with E-state index in [0.29, 0.717) is 36.6 Å². The van der Waals surface area contributed by atoms with Crippen LogP contribution in [0, 0.1) is 11.3 Å². The summed E-state index contributed by atoms with van der Waals surface area (Å²) in [5, 5.41) is 9.02. The Morgan fingerprint density at radius 3 is 2.78 bits per heavy atom. The number of benzene rings is 2. The molecular weight excluding hydrogens is 404 g/mol. The highest BCUT2D eigenvalue weighted by molar-refractivity contribution is 5.98. The fraction of sp³-hybridized carbons (Fsp3) is 0.200. The minimum atomic E-state index is -0.167. The highest BCUT2D eigenvalue weighted by atomic mass is 16.5. The van der Waals surface area contributed by atoms with E-state index in [1.165, 1.54) is 0 Å². The van der Waals surface area contributed by atoms with Gasteiger partial charge in [-0.3, -0.25) is 14.6 Å². The van der Waals surface area contributed by atoms with Crippen molar-refractivity contribution in [1.29, 1.82) is 5.26 Å². The Bertz CT molecular complexity index is 1160. The average Bonchev–Trinajstić information content (AvgIpc) is 2.84. The fourth-order valence-electron chi connectivity index (χ4n) is 3.64. The molecule has 32 heavy (non-hydrogen) atoms. The second kappa shape index (κ2) is 9.75. The first-order valence-electron chi connectivity index (χ1n) is 10.3. The Labute approximate surface area is 186 Å². The Morgan fingerprint density at radius 2 is 1.97 bits per heavy atom. The number of amides is 2. The zero-order valence-electron chi connectivity index (χ0n) is 17.5. The van der Waals surface area contributed by atoms with Crippen LogP contribution in [0.4, 0.5) is 5.69 Å². The molecule has 0 spiro atoms. The lowest BCUT2D eigenvalue weighted by Gasteiger charge is -2.29. The lowest BCUT2D eigenvalue weighted by molar-refractivity contribution is -0.121. The molecule has 7 heteroatoms. The van der Waals surface area contributed by atoms with E-state index in [4.69, 9.17) is 10.00 Å². The lowest BCUT2D eigenvalue weighted by atomic mass is 10.1. The van der Waals surface area contributed by atoms with Crippen LogP contribution in [0.1, 0.15) is 27.9 Å². The van der Waals surface area contributed by atoms with Crippen molar-refractivity contribution in [3.05, 3.63) is 89.7 Å². The van der Waals surface area contributed by atoms with Gasteiger partial charge in [0.25, 0.3) is 11.8 Å². The minimum Gasteiger partial charge on any atom is -0.482 e. The summed E-state index contributed by atoms with van der Waals surface area (Å²) in [5.41, 5.74) is 2.96. The quantitative estimate of drug-likeness (QED) is 0.577. The number of para-hydroxylation sites is 2. The van der Waals surface area contributed by atoms with Gasteiger partial charge in [-0.15, -0.1) is 0 Å². The van der Waals surface area contributed by atoms with Crippen molar-refractivity contribution < 1.29 is 14.3 Å². The molecule has 0 atom stereocenters. The van der Waals surface area contributed by atoms with Crippen molar-refractivity contribution in [1.82, 2.24) is 9.88 Å². The van der Waals surface area contributed by atoms with Crippen LogP contribution in [-0.2, 0) is 17.9 Å². The number of fused-ring (bicyclic) bond motifs is 1. The maximum atomic E-state index is 13.3. The normalized spacial score (nSPS) is 12.5. The lowest BCUT2D eigenvalue weighted by Crippen LogP contribution is -2.38. The van der Waals surface area contributed by atoms with E-state index in [0.717, 1.165) is 11.1 Å². The SMILES string of the molecule is N#CCCN(Cc1cccnc1)C(=O)c1cccc(CN2C(=O)COc3ccccc32)c1. The molecule has 4 rings (SSSR count). The van der Waals surface area contributed by atoms with Crippen LogP contribution in [-0.4, -0.2) is 34.8 Å². The number of hydrogen-bond acceptors (Lipinski definition) is 5. The first kappa shape index (κ1) is 21.1. The van der Waals surface area contributed by atoms with Gasteiger partial charge >= 0.3 is 0 Å². The summed E-state index contributed by atoms with van der Waals surface area (Å²) in [6.07, 6.45) is 3.63. The van der Waals surface area contributed by atoms with E-state index in [-0.39, 0.29) is 24.8 Å². The number of pyridine rings is 1. The van der Waals surface area contributed by atoms with Gasteiger partial charge in [-0.2, -0.15) is 5.26 Å². The van der Waals surface area contributed by atoms with Crippen LogP contribution < -0.4 is 9.64 Å². The molecule has 0 saturated heterocycles. The maximum Gasteiger partial charge on any atom is 0.265 e.